The zero-order chi connectivity index (χ0) is 13.5. The Morgan fingerprint density at radius 3 is 2.84 bits per heavy atom. The summed E-state index contributed by atoms with van der Waals surface area (Å²) in [7, 11) is 1.66. The van der Waals surface area contributed by atoms with Crippen molar-refractivity contribution in [2.75, 3.05) is 19.0 Å². The molecule has 3 heteroatoms. The first-order chi connectivity index (χ1) is 9.28. The smallest absolute Gasteiger partial charge is 0.120 e. The molecule has 0 spiro atoms. The summed E-state index contributed by atoms with van der Waals surface area (Å²) in [4.78, 5) is 4.32. The van der Waals surface area contributed by atoms with Gasteiger partial charge in [0.25, 0.3) is 0 Å². The van der Waals surface area contributed by atoms with E-state index in [1.165, 1.54) is 0 Å². The molecule has 0 aliphatic rings. The first-order valence-electron chi connectivity index (χ1n) is 6.08. The van der Waals surface area contributed by atoms with Gasteiger partial charge in [0.15, 0.2) is 0 Å². The van der Waals surface area contributed by atoms with Gasteiger partial charge in [-0.25, -0.2) is 4.98 Å². The summed E-state index contributed by atoms with van der Waals surface area (Å²) < 4.78 is 5.16. The van der Waals surface area contributed by atoms with Crippen LogP contribution in [0.4, 0.5) is 5.69 Å². The number of hydrogen-bond donors (Lipinski definition) is 1. The molecule has 1 aromatic heterocycles. The van der Waals surface area contributed by atoms with Crippen LogP contribution in [-0.2, 0) is 0 Å². The number of rotatable bonds is 3. The van der Waals surface area contributed by atoms with Crippen LogP contribution in [0.1, 0.15) is 11.4 Å². The number of nitrogens with one attached hydrogen (secondary N) is 1. The van der Waals surface area contributed by atoms with Crippen LogP contribution < -0.4 is 10.1 Å². The topological polar surface area (TPSA) is 34.1 Å². The number of methoxy groups -OCH3 is 1. The predicted octanol–water partition coefficient (Wildman–Crippen LogP) is 2.86. The Balaban J connectivity index is 1.93. The summed E-state index contributed by atoms with van der Waals surface area (Å²) in [5.74, 6) is 6.91. The van der Waals surface area contributed by atoms with Gasteiger partial charge in [-0.1, -0.05) is 18.1 Å². The molecule has 0 radical (unpaired) electrons. The fourth-order valence-electron chi connectivity index (χ4n) is 1.63. The zero-order valence-electron chi connectivity index (χ0n) is 11.1. The Morgan fingerprint density at radius 1 is 1.21 bits per heavy atom. The number of aryl methyl sites for hydroxylation is 1. The molecule has 1 heterocycles. The lowest BCUT2D eigenvalue weighted by atomic mass is 10.3. The second kappa shape index (κ2) is 6.46. The molecule has 0 saturated heterocycles. The second-order valence-electron chi connectivity index (χ2n) is 4.05. The van der Waals surface area contributed by atoms with E-state index in [2.05, 4.69) is 22.1 Å². The fourth-order valence-corrected chi connectivity index (χ4v) is 1.63. The molecule has 0 amide bonds. The number of nitrogens with zero attached hydrogens (tertiary/aromatic N) is 1. The minimum atomic E-state index is 0.572. The van der Waals surface area contributed by atoms with Crippen LogP contribution >= 0.6 is 0 Å². The van der Waals surface area contributed by atoms with Crippen LogP contribution in [0.5, 0.6) is 5.75 Å². The minimum Gasteiger partial charge on any atom is -0.497 e. The Morgan fingerprint density at radius 2 is 2.05 bits per heavy atom. The lowest BCUT2D eigenvalue weighted by Crippen LogP contribution is -1.99. The third-order valence-electron chi connectivity index (χ3n) is 2.56. The van der Waals surface area contributed by atoms with E-state index >= 15 is 0 Å². The monoisotopic (exact) mass is 252 g/mol. The Kier molecular flexibility index (Phi) is 4.41. The molecule has 1 aromatic carbocycles. The quantitative estimate of drug-likeness (QED) is 0.853. The van der Waals surface area contributed by atoms with Gasteiger partial charge in [-0.2, -0.15) is 0 Å². The third kappa shape index (κ3) is 4.04. The molecule has 0 aliphatic carbocycles. The lowest BCUT2D eigenvalue weighted by molar-refractivity contribution is 0.415. The van der Waals surface area contributed by atoms with E-state index in [1.54, 1.807) is 7.11 Å². The van der Waals surface area contributed by atoms with Crippen molar-refractivity contribution < 1.29 is 4.74 Å². The van der Waals surface area contributed by atoms with Crippen molar-refractivity contribution in [1.82, 2.24) is 4.98 Å². The summed E-state index contributed by atoms with van der Waals surface area (Å²) in [5, 5.41) is 3.22. The van der Waals surface area contributed by atoms with Crippen molar-refractivity contribution in [1.29, 1.82) is 0 Å². The molecule has 0 atom stereocenters. The number of benzene rings is 1. The van der Waals surface area contributed by atoms with Gasteiger partial charge in [0.1, 0.15) is 11.4 Å². The van der Waals surface area contributed by atoms with Gasteiger partial charge in [-0.3, -0.25) is 0 Å². The molecule has 0 bridgehead atoms. The summed E-state index contributed by atoms with van der Waals surface area (Å²) in [6.07, 6.45) is 0. The van der Waals surface area contributed by atoms with Gasteiger partial charge >= 0.3 is 0 Å². The van der Waals surface area contributed by atoms with Crippen LogP contribution in [0.2, 0.25) is 0 Å². The molecule has 0 unspecified atom stereocenters. The highest BCUT2D eigenvalue weighted by molar-refractivity contribution is 5.49. The van der Waals surface area contributed by atoms with Gasteiger partial charge in [0.05, 0.1) is 13.7 Å². The summed E-state index contributed by atoms with van der Waals surface area (Å²) >= 11 is 0. The first-order valence-corrected chi connectivity index (χ1v) is 6.08. The van der Waals surface area contributed by atoms with Crippen LogP contribution in [0.15, 0.2) is 42.5 Å². The maximum absolute atomic E-state index is 5.16. The molecule has 2 aromatic rings. The van der Waals surface area contributed by atoms with Crippen molar-refractivity contribution in [3.63, 3.8) is 0 Å². The van der Waals surface area contributed by atoms with E-state index < -0.39 is 0 Å². The molecule has 0 saturated carbocycles. The van der Waals surface area contributed by atoms with Crippen LogP contribution in [0.3, 0.4) is 0 Å². The van der Waals surface area contributed by atoms with Crippen molar-refractivity contribution in [2.45, 2.75) is 6.92 Å². The molecule has 19 heavy (non-hydrogen) atoms. The molecule has 1 N–H and O–H groups in total. The van der Waals surface area contributed by atoms with Crippen LogP contribution in [0.25, 0.3) is 0 Å². The van der Waals surface area contributed by atoms with E-state index in [-0.39, 0.29) is 0 Å². The van der Waals surface area contributed by atoms with Gasteiger partial charge in [0, 0.05) is 17.4 Å². The number of pyridine rings is 1. The lowest BCUT2D eigenvalue weighted by Gasteiger charge is -2.04. The Labute approximate surface area is 113 Å². The standard InChI is InChI=1S/C16H16N2O/c1-13-6-3-7-14(18-13)9-5-11-17-15-8-4-10-16(12-15)19-2/h3-4,6-8,10,12,17H,11H2,1-2H3. The van der Waals surface area contributed by atoms with E-state index in [4.69, 9.17) is 4.74 Å². The van der Waals surface area contributed by atoms with Crippen molar-refractivity contribution in [3.05, 3.63) is 53.9 Å². The predicted molar refractivity (Wildman–Crippen MR) is 77.3 cm³/mol. The number of hydrogen-bond acceptors (Lipinski definition) is 3. The molecule has 96 valence electrons. The van der Waals surface area contributed by atoms with Gasteiger partial charge in [-0.05, 0) is 37.1 Å². The first kappa shape index (κ1) is 13.0. The van der Waals surface area contributed by atoms with E-state index in [0.717, 1.165) is 22.8 Å². The average Bonchev–Trinajstić information content (AvgIpc) is 2.44. The largest absolute Gasteiger partial charge is 0.497 e. The minimum absolute atomic E-state index is 0.572. The summed E-state index contributed by atoms with van der Waals surface area (Å²) in [5.41, 5.74) is 2.77. The Hall–Kier alpha value is -2.47. The highest BCUT2D eigenvalue weighted by Gasteiger charge is 1.93. The highest BCUT2D eigenvalue weighted by Crippen LogP contribution is 2.16. The Bertz CT molecular complexity index is 611. The molecule has 0 aliphatic heterocycles. The van der Waals surface area contributed by atoms with Crippen molar-refractivity contribution in [2.24, 2.45) is 0 Å². The molecular formula is C16H16N2O. The molecule has 3 nitrogen and oxygen atoms in total. The maximum Gasteiger partial charge on any atom is 0.120 e. The number of ether oxygens (including phenoxy) is 1. The summed E-state index contributed by atoms with van der Waals surface area (Å²) in [6, 6.07) is 13.6. The molecule has 2 rings (SSSR count). The number of aromatic nitrogens is 1. The third-order valence-corrected chi connectivity index (χ3v) is 2.56. The van der Waals surface area contributed by atoms with Gasteiger partial charge in [0.2, 0.25) is 0 Å². The normalized spacial score (nSPS) is 9.37. The van der Waals surface area contributed by atoms with Crippen LogP contribution in [0, 0.1) is 18.8 Å². The van der Waals surface area contributed by atoms with Gasteiger partial charge in [-0.15, -0.1) is 0 Å². The average molecular weight is 252 g/mol. The number of anilines is 1. The van der Waals surface area contributed by atoms with E-state index in [0.29, 0.717) is 6.54 Å². The molecule has 0 fully saturated rings. The van der Waals surface area contributed by atoms with E-state index in [1.807, 2.05) is 49.4 Å². The SMILES string of the molecule is COc1cccc(NCC#Cc2cccc(C)n2)c1. The van der Waals surface area contributed by atoms with Gasteiger partial charge < -0.3 is 10.1 Å². The van der Waals surface area contributed by atoms with Crippen molar-refractivity contribution >= 4 is 5.69 Å². The maximum atomic E-state index is 5.16. The van der Waals surface area contributed by atoms with Crippen LogP contribution in [-0.4, -0.2) is 18.6 Å². The second-order valence-corrected chi connectivity index (χ2v) is 4.05. The summed E-state index contributed by atoms with van der Waals surface area (Å²) in [6.45, 7) is 2.53. The van der Waals surface area contributed by atoms with E-state index in [9.17, 15) is 0 Å². The fraction of sp³-hybridized carbons (Fsp3) is 0.188. The zero-order valence-corrected chi connectivity index (χ0v) is 11.1. The molecular weight excluding hydrogens is 236 g/mol. The highest BCUT2D eigenvalue weighted by atomic mass is 16.5. The van der Waals surface area contributed by atoms with Crippen molar-refractivity contribution in [3.8, 4) is 17.6 Å².